The lowest BCUT2D eigenvalue weighted by Gasteiger charge is -2.29. The van der Waals surface area contributed by atoms with Crippen LogP contribution in [0.25, 0.3) is 0 Å². The zero-order valence-corrected chi connectivity index (χ0v) is 21.5. The molecule has 6 heteroatoms. The number of hydrogen-bond acceptors (Lipinski definition) is 6. The second-order valence-electron chi connectivity index (χ2n) is 9.09. The highest BCUT2D eigenvalue weighted by molar-refractivity contribution is 5.92. The summed E-state index contributed by atoms with van der Waals surface area (Å²) in [7, 11) is 0. The molecule has 0 aromatic heterocycles. The Morgan fingerprint density at radius 1 is 0.625 bits per heavy atom. The van der Waals surface area contributed by atoms with Gasteiger partial charge < -0.3 is 18.9 Å². The second-order valence-corrected chi connectivity index (χ2v) is 9.09. The van der Waals surface area contributed by atoms with Gasteiger partial charge >= 0.3 is 11.9 Å². The van der Waals surface area contributed by atoms with E-state index in [4.69, 9.17) is 18.9 Å². The number of esters is 2. The fourth-order valence-corrected chi connectivity index (χ4v) is 3.17. The molecule has 188 valence electrons. The predicted octanol–water partition coefficient (Wildman–Crippen LogP) is 6.16. The summed E-state index contributed by atoms with van der Waals surface area (Å²) in [5.41, 5.74) is -1.42. The summed E-state index contributed by atoms with van der Waals surface area (Å²) < 4.78 is 22.8. The third-order valence-electron chi connectivity index (χ3n) is 5.27. The van der Waals surface area contributed by atoms with Gasteiger partial charge in [-0.15, -0.1) is 0 Å². The summed E-state index contributed by atoms with van der Waals surface area (Å²) >= 11 is 0. The normalized spacial score (nSPS) is 15.3. The summed E-state index contributed by atoms with van der Waals surface area (Å²) in [5, 5.41) is 0. The van der Waals surface area contributed by atoms with Gasteiger partial charge in [0, 0.05) is 25.4 Å². The van der Waals surface area contributed by atoms with Gasteiger partial charge in [0.05, 0.1) is 13.2 Å². The van der Waals surface area contributed by atoms with E-state index in [-0.39, 0.29) is 0 Å². The third-order valence-corrected chi connectivity index (χ3v) is 5.27. The van der Waals surface area contributed by atoms with Crippen LogP contribution in [-0.4, -0.2) is 49.6 Å². The van der Waals surface area contributed by atoms with Crippen molar-refractivity contribution in [1.82, 2.24) is 0 Å². The molecule has 0 aliphatic rings. The van der Waals surface area contributed by atoms with Gasteiger partial charge in [-0.1, -0.05) is 53.4 Å². The van der Waals surface area contributed by atoms with Gasteiger partial charge in [0.25, 0.3) is 0 Å². The maximum absolute atomic E-state index is 12.4. The highest BCUT2D eigenvalue weighted by atomic mass is 16.6. The molecule has 0 aromatic rings. The number of unbranched alkanes of at least 4 members (excludes halogenated alkanes) is 4. The zero-order valence-electron chi connectivity index (χ0n) is 21.5. The molecule has 0 amide bonds. The molecule has 32 heavy (non-hydrogen) atoms. The van der Waals surface area contributed by atoms with Crippen molar-refractivity contribution in [2.45, 2.75) is 117 Å². The molecule has 2 atom stereocenters. The molecule has 2 unspecified atom stereocenters. The van der Waals surface area contributed by atoms with Gasteiger partial charge in [-0.05, 0) is 52.4 Å². The summed E-state index contributed by atoms with van der Waals surface area (Å²) in [6.45, 7) is 14.2. The number of ether oxygens (including phenoxy) is 4. The van der Waals surface area contributed by atoms with Crippen molar-refractivity contribution in [2.24, 2.45) is 0 Å². The quantitative estimate of drug-likeness (QED) is 0.124. The van der Waals surface area contributed by atoms with Gasteiger partial charge in [-0.25, -0.2) is 9.59 Å². The fourth-order valence-electron chi connectivity index (χ4n) is 3.17. The first-order chi connectivity index (χ1) is 15.2. The largest absolute Gasteiger partial charge is 0.454 e. The van der Waals surface area contributed by atoms with Crippen LogP contribution in [0.3, 0.4) is 0 Å². The molecule has 0 aliphatic heterocycles. The Hall–Kier alpha value is -1.40. The average molecular weight is 457 g/mol. The van der Waals surface area contributed by atoms with Crippen LogP contribution in [0.4, 0.5) is 0 Å². The molecule has 0 saturated carbocycles. The molecule has 0 spiro atoms. The van der Waals surface area contributed by atoms with Crippen molar-refractivity contribution in [3.05, 3.63) is 12.2 Å². The first-order valence-electron chi connectivity index (χ1n) is 12.5. The van der Waals surface area contributed by atoms with Crippen molar-refractivity contribution in [3.63, 3.8) is 0 Å². The minimum absolute atomic E-state index is 0.348. The van der Waals surface area contributed by atoms with Crippen LogP contribution in [0.15, 0.2) is 12.2 Å². The second kappa shape index (κ2) is 18.1. The van der Waals surface area contributed by atoms with Crippen molar-refractivity contribution in [3.8, 4) is 0 Å². The lowest BCUT2D eigenvalue weighted by Crippen LogP contribution is -2.37. The molecule has 6 nitrogen and oxygen atoms in total. The topological polar surface area (TPSA) is 71.1 Å². The molecule has 0 rings (SSSR count). The van der Waals surface area contributed by atoms with Crippen LogP contribution in [-0.2, 0) is 28.5 Å². The Balaban J connectivity index is 4.86. The van der Waals surface area contributed by atoms with Crippen LogP contribution in [0.1, 0.15) is 106 Å². The Labute approximate surface area is 196 Å². The van der Waals surface area contributed by atoms with Gasteiger partial charge in [-0.3, -0.25) is 0 Å². The molecular weight excluding hydrogens is 408 g/mol. The van der Waals surface area contributed by atoms with E-state index in [0.29, 0.717) is 39.3 Å². The van der Waals surface area contributed by atoms with E-state index in [2.05, 4.69) is 27.7 Å². The Morgan fingerprint density at radius 2 is 0.969 bits per heavy atom. The lowest BCUT2D eigenvalue weighted by atomic mass is 9.99. The van der Waals surface area contributed by atoms with Crippen LogP contribution < -0.4 is 0 Å². The predicted molar refractivity (Wildman–Crippen MR) is 129 cm³/mol. The number of hydrogen-bond donors (Lipinski definition) is 0. The zero-order chi connectivity index (χ0) is 24.3. The van der Waals surface area contributed by atoms with Gasteiger partial charge in [-0.2, -0.15) is 0 Å². The molecule has 0 aromatic carbocycles. The highest BCUT2D eigenvalue weighted by Gasteiger charge is 2.30. The Morgan fingerprint density at radius 3 is 1.28 bits per heavy atom. The van der Waals surface area contributed by atoms with E-state index in [1.807, 2.05) is 13.8 Å². The maximum Gasteiger partial charge on any atom is 0.331 e. The molecule has 0 saturated heterocycles. The average Bonchev–Trinajstić information content (AvgIpc) is 2.76. The molecule has 0 bridgehead atoms. The van der Waals surface area contributed by atoms with E-state index in [1.54, 1.807) is 0 Å². The first-order valence-corrected chi connectivity index (χ1v) is 12.5. The van der Waals surface area contributed by atoms with Crippen LogP contribution >= 0.6 is 0 Å². The minimum Gasteiger partial charge on any atom is -0.454 e. The maximum atomic E-state index is 12.4. The number of carbonyl (C=O) groups excluding carboxylic acids is 2. The molecule has 0 fully saturated rings. The van der Waals surface area contributed by atoms with E-state index in [0.717, 1.165) is 63.5 Å². The van der Waals surface area contributed by atoms with Gasteiger partial charge in [0.1, 0.15) is 11.2 Å². The molecule has 0 N–H and O–H groups in total. The standard InChI is InChI=1S/C26H48O6/c1-7-11-17-25(5,21-29-19-13-9-3)31-23(27)15-16-24(28)32-26(6,18-12-8-2)22-30-20-14-10-4/h15-16H,7-14,17-22H2,1-6H3/b16-15+. The smallest absolute Gasteiger partial charge is 0.331 e. The molecular formula is C26H48O6. The Bertz CT molecular complexity index is 486. The first kappa shape index (κ1) is 30.6. The fraction of sp³-hybridized carbons (Fsp3) is 0.846. The highest BCUT2D eigenvalue weighted by Crippen LogP contribution is 2.22. The third kappa shape index (κ3) is 15.4. The van der Waals surface area contributed by atoms with E-state index < -0.39 is 23.1 Å². The summed E-state index contributed by atoms with van der Waals surface area (Å²) in [5.74, 6) is -1.12. The summed E-state index contributed by atoms with van der Waals surface area (Å²) in [6.07, 6.45) is 11.6. The van der Waals surface area contributed by atoms with Gasteiger partial charge in [0.2, 0.25) is 0 Å². The van der Waals surface area contributed by atoms with Crippen molar-refractivity contribution in [1.29, 1.82) is 0 Å². The molecule has 0 aliphatic carbocycles. The Kier molecular flexibility index (Phi) is 17.3. The van der Waals surface area contributed by atoms with Crippen LogP contribution in [0.2, 0.25) is 0 Å². The van der Waals surface area contributed by atoms with Gasteiger partial charge in [0.15, 0.2) is 0 Å². The van der Waals surface area contributed by atoms with Crippen molar-refractivity contribution in [2.75, 3.05) is 26.4 Å². The van der Waals surface area contributed by atoms with Crippen molar-refractivity contribution >= 4 is 11.9 Å². The molecule has 0 heterocycles. The lowest BCUT2D eigenvalue weighted by molar-refractivity contribution is -0.162. The van der Waals surface area contributed by atoms with Crippen LogP contribution in [0, 0.1) is 0 Å². The van der Waals surface area contributed by atoms with E-state index in [1.165, 1.54) is 0 Å². The van der Waals surface area contributed by atoms with E-state index in [9.17, 15) is 9.59 Å². The minimum atomic E-state index is -0.710. The monoisotopic (exact) mass is 456 g/mol. The molecule has 0 radical (unpaired) electrons. The SMILES string of the molecule is CCCCOCC(C)(CCCC)OC(=O)/C=C/C(=O)OC(C)(CCCC)COCCCC. The number of carbonyl (C=O) groups is 2. The summed E-state index contributed by atoms with van der Waals surface area (Å²) in [6, 6.07) is 0. The number of rotatable bonds is 20. The van der Waals surface area contributed by atoms with Crippen molar-refractivity contribution < 1.29 is 28.5 Å². The van der Waals surface area contributed by atoms with Crippen LogP contribution in [0.5, 0.6) is 0 Å². The summed E-state index contributed by atoms with van der Waals surface area (Å²) in [4.78, 5) is 24.8. The van der Waals surface area contributed by atoms with E-state index >= 15 is 0 Å².